The lowest BCUT2D eigenvalue weighted by molar-refractivity contribution is -0.121. The topological polar surface area (TPSA) is 72.7 Å². The lowest BCUT2D eigenvalue weighted by Crippen LogP contribution is -2.25. The molecule has 0 atom stereocenters. The molecule has 0 unspecified atom stereocenters. The molecule has 182 valence electrons. The Labute approximate surface area is 219 Å². The van der Waals surface area contributed by atoms with Crippen LogP contribution in [-0.2, 0) is 17.8 Å². The van der Waals surface area contributed by atoms with Crippen molar-refractivity contribution in [1.29, 1.82) is 0 Å². The molecular formula is C28H26ClN5OS. The fourth-order valence-corrected chi connectivity index (χ4v) is 5.14. The van der Waals surface area contributed by atoms with Crippen LogP contribution in [0.1, 0.15) is 24.0 Å². The average Bonchev–Trinajstić information content (AvgIpc) is 3.20. The largest absolute Gasteiger partial charge is 0.356 e. The Hall–Kier alpha value is -3.42. The highest BCUT2D eigenvalue weighted by Gasteiger charge is 2.15. The minimum Gasteiger partial charge on any atom is -0.356 e. The van der Waals surface area contributed by atoms with Crippen molar-refractivity contribution < 1.29 is 4.79 Å². The number of halogens is 1. The SMILES string of the molecule is O=C(CCCSc1nnc2c3ccccc3n(Cc3cccc(Cl)c3)c2n1)NCCc1ccccc1. The Morgan fingerprint density at radius 3 is 2.61 bits per heavy atom. The van der Waals surface area contributed by atoms with Gasteiger partial charge < -0.3 is 9.88 Å². The second-order valence-electron chi connectivity index (χ2n) is 8.54. The van der Waals surface area contributed by atoms with Crippen LogP contribution in [0.2, 0.25) is 5.02 Å². The highest BCUT2D eigenvalue weighted by molar-refractivity contribution is 7.99. The number of fused-ring (bicyclic) bond motifs is 3. The van der Waals surface area contributed by atoms with Gasteiger partial charge in [0.25, 0.3) is 0 Å². The molecule has 0 aliphatic rings. The van der Waals surface area contributed by atoms with Gasteiger partial charge in [0, 0.05) is 35.7 Å². The van der Waals surface area contributed by atoms with E-state index in [1.165, 1.54) is 17.3 Å². The zero-order valence-corrected chi connectivity index (χ0v) is 21.3. The smallest absolute Gasteiger partial charge is 0.220 e. The molecule has 1 N–H and O–H groups in total. The van der Waals surface area contributed by atoms with Gasteiger partial charge in [-0.25, -0.2) is 4.98 Å². The van der Waals surface area contributed by atoms with E-state index >= 15 is 0 Å². The number of rotatable bonds is 10. The number of thioether (sulfide) groups is 1. The maximum atomic E-state index is 12.2. The molecule has 2 aromatic heterocycles. The number of carbonyl (C=O) groups excluding carboxylic acids is 1. The maximum absolute atomic E-state index is 12.2. The summed E-state index contributed by atoms with van der Waals surface area (Å²) in [5.41, 5.74) is 4.96. The molecule has 5 rings (SSSR count). The van der Waals surface area contributed by atoms with Gasteiger partial charge in [-0.3, -0.25) is 4.79 Å². The van der Waals surface area contributed by atoms with Crippen LogP contribution in [0.5, 0.6) is 0 Å². The Morgan fingerprint density at radius 2 is 1.75 bits per heavy atom. The molecular weight excluding hydrogens is 490 g/mol. The van der Waals surface area contributed by atoms with Gasteiger partial charge in [0.05, 0.1) is 5.52 Å². The van der Waals surface area contributed by atoms with Crippen LogP contribution in [0.4, 0.5) is 0 Å². The molecule has 0 spiro atoms. The third-order valence-corrected chi connectivity index (χ3v) is 7.10. The Kier molecular flexibility index (Phi) is 7.79. The van der Waals surface area contributed by atoms with Gasteiger partial charge in [0.15, 0.2) is 5.65 Å². The van der Waals surface area contributed by atoms with E-state index in [0.717, 1.165) is 46.2 Å². The highest BCUT2D eigenvalue weighted by atomic mass is 35.5. The maximum Gasteiger partial charge on any atom is 0.220 e. The Bertz CT molecular complexity index is 1490. The predicted molar refractivity (Wildman–Crippen MR) is 146 cm³/mol. The number of hydrogen-bond acceptors (Lipinski definition) is 5. The van der Waals surface area contributed by atoms with E-state index in [0.29, 0.717) is 29.7 Å². The Balaban J connectivity index is 1.22. The quantitative estimate of drug-likeness (QED) is 0.185. The summed E-state index contributed by atoms with van der Waals surface area (Å²) in [6.45, 7) is 1.29. The van der Waals surface area contributed by atoms with Crippen LogP contribution in [-0.4, -0.2) is 38.0 Å². The number of para-hydroxylation sites is 1. The number of amides is 1. The molecule has 3 aromatic carbocycles. The summed E-state index contributed by atoms with van der Waals surface area (Å²) < 4.78 is 2.16. The van der Waals surface area contributed by atoms with Gasteiger partial charge in [-0.05, 0) is 42.2 Å². The van der Waals surface area contributed by atoms with Gasteiger partial charge in [-0.15, -0.1) is 10.2 Å². The van der Waals surface area contributed by atoms with E-state index in [4.69, 9.17) is 16.6 Å². The Morgan fingerprint density at radius 1 is 0.944 bits per heavy atom. The van der Waals surface area contributed by atoms with Crippen LogP contribution in [0.3, 0.4) is 0 Å². The summed E-state index contributed by atoms with van der Waals surface area (Å²) in [6.07, 6.45) is 2.06. The van der Waals surface area contributed by atoms with E-state index in [-0.39, 0.29) is 5.91 Å². The molecule has 0 aliphatic heterocycles. The van der Waals surface area contributed by atoms with E-state index in [2.05, 4.69) is 44.3 Å². The summed E-state index contributed by atoms with van der Waals surface area (Å²) in [5, 5.41) is 14.2. The van der Waals surface area contributed by atoms with Crippen molar-refractivity contribution in [3.63, 3.8) is 0 Å². The second-order valence-corrected chi connectivity index (χ2v) is 10.0. The van der Waals surface area contributed by atoms with Crippen molar-refractivity contribution in [3.05, 3.63) is 95.0 Å². The number of aromatic nitrogens is 4. The standard InChI is InChI=1S/C28H26ClN5OS/c29-22-11-6-10-21(18-22)19-34-24-13-5-4-12-23(24)26-27(34)31-28(33-32-26)36-17-7-14-25(35)30-16-15-20-8-2-1-3-9-20/h1-6,8-13,18H,7,14-17,19H2,(H,30,35). The van der Waals surface area contributed by atoms with E-state index < -0.39 is 0 Å². The first-order chi connectivity index (χ1) is 17.7. The molecule has 0 saturated heterocycles. The molecule has 0 saturated carbocycles. The minimum absolute atomic E-state index is 0.0719. The summed E-state index contributed by atoms with van der Waals surface area (Å²) in [7, 11) is 0. The number of nitrogens with one attached hydrogen (secondary N) is 1. The molecule has 36 heavy (non-hydrogen) atoms. The van der Waals surface area contributed by atoms with Crippen LogP contribution in [0.15, 0.2) is 84.0 Å². The number of hydrogen-bond donors (Lipinski definition) is 1. The van der Waals surface area contributed by atoms with Gasteiger partial charge in [-0.1, -0.05) is 84.0 Å². The third-order valence-electron chi connectivity index (χ3n) is 5.94. The minimum atomic E-state index is 0.0719. The van der Waals surface area contributed by atoms with Gasteiger partial charge in [-0.2, -0.15) is 0 Å². The van der Waals surface area contributed by atoms with Crippen molar-refractivity contribution in [1.82, 2.24) is 25.1 Å². The van der Waals surface area contributed by atoms with E-state index in [1.54, 1.807) is 0 Å². The van der Waals surface area contributed by atoms with E-state index in [1.807, 2.05) is 54.6 Å². The second kappa shape index (κ2) is 11.5. The summed E-state index contributed by atoms with van der Waals surface area (Å²) in [4.78, 5) is 17.0. The van der Waals surface area contributed by atoms with Crippen LogP contribution < -0.4 is 5.32 Å². The number of nitrogens with zero attached hydrogens (tertiary/aromatic N) is 4. The fourth-order valence-electron chi connectivity index (χ4n) is 4.20. The van der Waals surface area contributed by atoms with E-state index in [9.17, 15) is 4.79 Å². The molecule has 0 bridgehead atoms. The predicted octanol–water partition coefficient (Wildman–Crippen LogP) is 5.91. The fraction of sp³-hybridized carbons (Fsp3) is 0.214. The van der Waals surface area contributed by atoms with Crippen molar-refractivity contribution in [2.24, 2.45) is 0 Å². The van der Waals surface area contributed by atoms with Crippen molar-refractivity contribution in [3.8, 4) is 0 Å². The molecule has 0 aliphatic carbocycles. The first kappa shape index (κ1) is 24.3. The van der Waals surface area contributed by atoms with Crippen molar-refractivity contribution >= 4 is 51.3 Å². The molecule has 8 heteroatoms. The third kappa shape index (κ3) is 5.86. The van der Waals surface area contributed by atoms with Crippen molar-refractivity contribution in [2.45, 2.75) is 31.0 Å². The zero-order valence-electron chi connectivity index (χ0n) is 19.7. The highest BCUT2D eigenvalue weighted by Crippen LogP contribution is 2.28. The van der Waals surface area contributed by atoms with Crippen LogP contribution >= 0.6 is 23.4 Å². The molecule has 0 radical (unpaired) electrons. The summed E-state index contributed by atoms with van der Waals surface area (Å²) >= 11 is 7.74. The van der Waals surface area contributed by atoms with Gasteiger partial charge in [0.2, 0.25) is 11.1 Å². The molecule has 1 amide bonds. The number of carbonyl (C=O) groups is 1. The monoisotopic (exact) mass is 515 g/mol. The normalized spacial score (nSPS) is 11.2. The zero-order chi connectivity index (χ0) is 24.7. The summed E-state index contributed by atoms with van der Waals surface area (Å²) in [6, 6.07) is 26.2. The molecule has 0 fully saturated rings. The molecule has 2 heterocycles. The lowest BCUT2D eigenvalue weighted by Gasteiger charge is -2.08. The van der Waals surface area contributed by atoms with Gasteiger partial charge in [0.1, 0.15) is 5.52 Å². The lowest BCUT2D eigenvalue weighted by atomic mass is 10.1. The van der Waals surface area contributed by atoms with Crippen molar-refractivity contribution in [2.75, 3.05) is 12.3 Å². The van der Waals surface area contributed by atoms with Crippen LogP contribution in [0, 0.1) is 0 Å². The molecule has 5 aromatic rings. The number of benzene rings is 3. The first-order valence-corrected chi connectivity index (χ1v) is 13.3. The summed E-state index contributed by atoms with van der Waals surface area (Å²) in [5.74, 6) is 0.816. The van der Waals surface area contributed by atoms with Gasteiger partial charge >= 0.3 is 0 Å². The van der Waals surface area contributed by atoms with Crippen LogP contribution in [0.25, 0.3) is 22.1 Å². The molecule has 6 nitrogen and oxygen atoms in total. The average molecular weight is 516 g/mol. The first-order valence-electron chi connectivity index (χ1n) is 12.0.